The first kappa shape index (κ1) is 23.4. The van der Waals surface area contributed by atoms with Crippen LogP contribution in [0.2, 0.25) is 0 Å². The van der Waals surface area contributed by atoms with Gasteiger partial charge in [-0.25, -0.2) is 4.98 Å². The van der Waals surface area contributed by atoms with Crippen molar-refractivity contribution in [2.75, 3.05) is 19.0 Å². The molecule has 1 atom stereocenters. The van der Waals surface area contributed by atoms with E-state index in [-0.39, 0.29) is 12.0 Å². The number of aryl methyl sites for hydroxylation is 2. The summed E-state index contributed by atoms with van der Waals surface area (Å²) in [6, 6.07) is 12.3. The van der Waals surface area contributed by atoms with Gasteiger partial charge in [0.1, 0.15) is 23.4 Å². The van der Waals surface area contributed by atoms with Crippen molar-refractivity contribution in [3.05, 3.63) is 65.0 Å². The Morgan fingerprint density at radius 3 is 2.50 bits per heavy atom. The number of ether oxygens (including phenoxy) is 3. The molecule has 0 aliphatic carbocycles. The third-order valence-corrected chi connectivity index (χ3v) is 5.41. The van der Waals surface area contributed by atoms with Crippen LogP contribution in [0.5, 0.6) is 17.2 Å². The van der Waals surface area contributed by atoms with Crippen LogP contribution in [0.25, 0.3) is 11.5 Å². The van der Waals surface area contributed by atoms with Crippen LogP contribution in [0.15, 0.2) is 53.1 Å². The average molecular weight is 481 g/mol. The first-order valence-electron chi connectivity index (χ1n) is 10.5. The number of aromatic nitrogens is 3. The van der Waals surface area contributed by atoms with Gasteiger partial charge in [-0.15, -0.1) is 21.5 Å². The smallest absolute Gasteiger partial charge is 0.257 e. The summed E-state index contributed by atoms with van der Waals surface area (Å²) in [5.41, 5.74) is 1.15. The number of benzene rings is 2. The Balaban J connectivity index is 1.57. The van der Waals surface area contributed by atoms with Gasteiger partial charge in [0.05, 0.1) is 6.61 Å². The van der Waals surface area contributed by atoms with Gasteiger partial charge < -0.3 is 18.6 Å². The van der Waals surface area contributed by atoms with Gasteiger partial charge >= 0.3 is 0 Å². The number of nitrogens with zero attached hydrogens (tertiary/aromatic N) is 3. The standard InChI is InChI=1S/C24H24N4O5S/c1-14(13-30-4)31-20-9-18(22(29)26-24-25-12-15(2)34-24)10-21(11-20)33-19-7-5-17(6-8-19)23-28-27-16(3)32-23/h5-12,14H,13H2,1-4H3,(H,25,26,29)/t14-/m0/s1. The molecule has 0 aliphatic rings. The fourth-order valence-corrected chi connectivity index (χ4v) is 3.79. The summed E-state index contributed by atoms with van der Waals surface area (Å²) in [5, 5.41) is 11.2. The molecule has 0 bridgehead atoms. The minimum Gasteiger partial charge on any atom is -0.488 e. The summed E-state index contributed by atoms with van der Waals surface area (Å²) in [6.45, 7) is 5.95. The maximum Gasteiger partial charge on any atom is 0.257 e. The van der Waals surface area contributed by atoms with E-state index in [2.05, 4.69) is 20.5 Å². The molecular formula is C24H24N4O5S. The van der Waals surface area contributed by atoms with E-state index in [1.165, 1.54) is 11.3 Å². The third kappa shape index (κ3) is 5.97. The van der Waals surface area contributed by atoms with Crippen LogP contribution in [0.3, 0.4) is 0 Å². The number of nitrogens with one attached hydrogen (secondary N) is 1. The molecule has 4 aromatic rings. The van der Waals surface area contributed by atoms with Gasteiger partial charge in [0.25, 0.3) is 5.91 Å². The van der Waals surface area contributed by atoms with Crippen molar-refractivity contribution in [3.63, 3.8) is 0 Å². The quantitative estimate of drug-likeness (QED) is 0.345. The number of hydrogen-bond donors (Lipinski definition) is 1. The Morgan fingerprint density at radius 1 is 1.09 bits per heavy atom. The molecule has 1 amide bonds. The summed E-state index contributed by atoms with van der Waals surface area (Å²) in [4.78, 5) is 18.1. The lowest BCUT2D eigenvalue weighted by Crippen LogP contribution is -2.18. The highest BCUT2D eigenvalue weighted by molar-refractivity contribution is 7.15. The first-order chi connectivity index (χ1) is 16.4. The van der Waals surface area contributed by atoms with E-state index in [0.717, 1.165) is 10.4 Å². The van der Waals surface area contributed by atoms with Crippen molar-refractivity contribution in [1.82, 2.24) is 15.2 Å². The van der Waals surface area contributed by atoms with Gasteiger partial charge in [0, 0.05) is 42.3 Å². The largest absolute Gasteiger partial charge is 0.488 e. The van der Waals surface area contributed by atoms with Crippen LogP contribution in [-0.2, 0) is 4.74 Å². The molecule has 4 rings (SSSR count). The number of rotatable bonds is 9. The molecule has 10 heteroatoms. The van der Waals surface area contributed by atoms with Gasteiger partial charge in [0.2, 0.25) is 11.8 Å². The van der Waals surface area contributed by atoms with Gasteiger partial charge in [-0.1, -0.05) is 0 Å². The highest BCUT2D eigenvalue weighted by Crippen LogP contribution is 2.30. The van der Waals surface area contributed by atoms with Crippen LogP contribution >= 0.6 is 11.3 Å². The second-order valence-corrected chi connectivity index (χ2v) is 8.79. The number of methoxy groups -OCH3 is 1. The van der Waals surface area contributed by atoms with Gasteiger partial charge in [0.15, 0.2) is 5.13 Å². The van der Waals surface area contributed by atoms with E-state index in [1.54, 1.807) is 50.6 Å². The molecule has 0 fully saturated rings. The van der Waals surface area contributed by atoms with Crippen LogP contribution in [0, 0.1) is 13.8 Å². The molecule has 176 valence electrons. The van der Waals surface area contributed by atoms with Crippen LogP contribution in [-0.4, -0.2) is 40.9 Å². The van der Waals surface area contributed by atoms with E-state index >= 15 is 0 Å². The molecular weight excluding hydrogens is 456 g/mol. The number of hydrogen-bond acceptors (Lipinski definition) is 9. The van der Waals surface area contributed by atoms with Crippen molar-refractivity contribution >= 4 is 22.4 Å². The van der Waals surface area contributed by atoms with E-state index in [0.29, 0.717) is 46.3 Å². The van der Waals surface area contributed by atoms with Crippen molar-refractivity contribution in [3.8, 4) is 28.7 Å². The molecule has 0 unspecified atom stereocenters. The molecule has 0 saturated heterocycles. The molecule has 9 nitrogen and oxygen atoms in total. The molecule has 2 aromatic heterocycles. The summed E-state index contributed by atoms with van der Waals surface area (Å²) in [6.07, 6.45) is 1.50. The predicted octanol–water partition coefficient (Wildman–Crippen LogP) is 5.27. The molecule has 0 aliphatic heterocycles. The van der Waals surface area contributed by atoms with Crippen LogP contribution in [0.4, 0.5) is 5.13 Å². The Morgan fingerprint density at radius 2 is 1.85 bits per heavy atom. The molecule has 34 heavy (non-hydrogen) atoms. The summed E-state index contributed by atoms with van der Waals surface area (Å²) in [5.74, 6) is 2.12. The highest BCUT2D eigenvalue weighted by atomic mass is 32.1. The Labute approximate surface area is 200 Å². The molecule has 2 heterocycles. The minimum atomic E-state index is -0.314. The number of carbonyl (C=O) groups is 1. The zero-order valence-electron chi connectivity index (χ0n) is 19.2. The molecule has 1 N–H and O–H groups in total. The highest BCUT2D eigenvalue weighted by Gasteiger charge is 2.15. The first-order valence-corrected chi connectivity index (χ1v) is 11.3. The number of thiazole rings is 1. The molecule has 0 saturated carbocycles. The second-order valence-electron chi connectivity index (χ2n) is 7.56. The average Bonchev–Trinajstić information content (AvgIpc) is 3.42. The second kappa shape index (κ2) is 10.4. The topological polar surface area (TPSA) is 109 Å². The fourth-order valence-electron chi connectivity index (χ4n) is 3.13. The SMILES string of the molecule is COC[C@H](C)Oc1cc(Oc2ccc(-c3nnc(C)o3)cc2)cc(C(=O)Nc2ncc(C)s2)c1. The van der Waals surface area contributed by atoms with Gasteiger partial charge in [-0.2, -0.15) is 0 Å². The third-order valence-electron chi connectivity index (χ3n) is 4.59. The lowest BCUT2D eigenvalue weighted by Gasteiger charge is -2.16. The Bertz CT molecular complexity index is 1270. The molecule has 0 radical (unpaired) electrons. The van der Waals surface area contributed by atoms with E-state index in [4.69, 9.17) is 18.6 Å². The number of carbonyl (C=O) groups excluding carboxylic acids is 1. The van der Waals surface area contributed by atoms with Gasteiger partial charge in [-0.3, -0.25) is 10.1 Å². The number of anilines is 1. The summed E-state index contributed by atoms with van der Waals surface area (Å²) >= 11 is 1.40. The fraction of sp³-hybridized carbons (Fsp3) is 0.250. The van der Waals surface area contributed by atoms with Crippen molar-refractivity contribution in [1.29, 1.82) is 0 Å². The molecule has 0 spiro atoms. The Hall–Kier alpha value is -3.76. The Kier molecular flexibility index (Phi) is 7.19. The van der Waals surface area contributed by atoms with Crippen LogP contribution in [0.1, 0.15) is 28.0 Å². The lowest BCUT2D eigenvalue weighted by molar-refractivity contribution is 0.0916. The number of amides is 1. The lowest BCUT2D eigenvalue weighted by atomic mass is 10.1. The van der Waals surface area contributed by atoms with Crippen molar-refractivity contribution in [2.45, 2.75) is 26.9 Å². The van der Waals surface area contributed by atoms with E-state index in [1.807, 2.05) is 26.0 Å². The van der Waals surface area contributed by atoms with Crippen molar-refractivity contribution < 1.29 is 23.4 Å². The maximum atomic E-state index is 12.9. The van der Waals surface area contributed by atoms with E-state index in [9.17, 15) is 4.79 Å². The maximum absolute atomic E-state index is 12.9. The van der Waals surface area contributed by atoms with Crippen LogP contribution < -0.4 is 14.8 Å². The predicted molar refractivity (Wildman–Crippen MR) is 128 cm³/mol. The van der Waals surface area contributed by atoms with Gasteiger partial charge in [-0.05, 0) is 50.2 Å². The van der Waals surface area contributed by atoms with Crippen molar-refractivity contribution in [2.24, 2.45) is 0 Å². The minimum absolute atomic E-state index is 0.213. The zero-order valence-corrected chi connectivity index (χ0v) is 20.0. The molecule has 2 aromatic carbocycles. The normalized spacial score (nSPS) is 11.8. The zero-order chi connectivity index (χ0) is 24.1. The monoisotopic (exact) mass is 480 g/mol. The summed E-state index contributed by atoms with van der Waals surface area (Å²) < 4.78 is 22.6. The van der Waals surface area contributed by atoms with E-state index < -0.39 is 0 Å². The summed E-state index contributed by atoms with van der Waals surface area (Å²) in [7, 11) is 1.60.